The maximum Gasteiger partial charge on any atom is 0.226 e. The van der Waals surface area contributed by atoms with Gasteiger partial charge in [-0.25, -0.2) is 17.5 Å². The van der Waals surface area contributed by atoms with Gasteiger partial charge in [-0.05, 0) is 54.1 Å². The highest BCUT2D eigenvalue weighted by atomic mass is 32.2. The molecule has 1 unspecified atom stereocenters. The van der Waals surface area contributed by atoms with E-state index in [1.807, 2.05) is 30.3 Å². The zero-order valence-corrected chi connectivity index (χ0v) is 17.0. The number of amides is 1. The predicted octanol–water partition coefficient (Wildman–Crippen LogP) is 4.24. The number of ether oxygens (including phenoxy) is 1. The van der Waals surface area contributed by atoms with Crippen LogP contribution in [0.15, 0.2) is 78.9 Å². The summed E-state index contributed by atoms with van der Waals surface area (Å²) in [5.41, 5.74) is 1.03. The number of hydrogen-bond acceptors (Lipinski definition) is 4. The van der Waals surface area contributed by atoms with E-state index in [1.165, 1.54) is 24.3 Å². The van der Waals surface area contributed by atoms with E-state index in [9.17, 15) is 17.6 Å². The molecule has 30 heavy (non-hydrogen) atoms. The van der Waals surface area contributed by atoms with E-state index < -0.39 is 27.8 Å². The van der Waals surface area contributed by atoms with Crippen LogP contribution in [0.1, 0.15) is 18.0 Å². The van der Waals surface area contributed by atoms with Gasteiger partial charge in [-0.15, -0.1) is 0 Å². The first-order valence-electron chi connectivity index (χ1n) is 9.14. The van der Waals surface area contributed by atoms with Crippen LogP contribution in [0.2, 0.25) is 0 Å². The quantitative estimate of drug-likeness (QED) is 0.562. The van der Waals surface area contributed by atoms with E-state index in [2.05, 4.69) is 10.0 Å². The first kappa shape index (κ1) is 21.5. The summed E-state index contributed by atoms with van der Waals surface area (Å²) >= 11 is 0. The Morgan fingerprint density at radius 2 is 1.53 bits per heavy atom. The summed E-state index contributed by atoms with van der Waals surface area (Å²) in [6, 6.07) is 20.6. The fraction of sp³-hybridized carbons (Fsp3) is 0.136. The van der Waals surface area contributed by atoms with Crippen molar-refractivity contribution >= 4 is 21.6 Å². The molecule has 0 aromatic heterocycles. The van der Waals surface area contributed by atoms with Gasteiger partial charge in [0.15, 0.2) is 0 Å². The van der Waals surface area contributed by atoms with Crippen molar-refractivity contribution in [1.82, 2.24) is 4.72 Å². The first-order chi connectivity index (χ1) is 14.3. The number of para-hydroxylation sites is 1. The molecule has 0 aliphatic rings. The Morgan fingerprint density at radius 1 is 0.933 bits per heavy atom. The zero-order valence-electron chi connectivity index (χ0n) is 16.2. The number of rotatable bonds is 8. The van der Waals surface area contributed by atoms with Gasteiger partial charge in [-0.3, -0.25) is 4.79 Å². The number of carbonyl (C=O) groups is 1. The second kappa shape index (κ2) is 9.51. The van der Waals surface area contributed by atoms with Gasteiger partial charge < -0.3 is 10.1 Å². The van der Waals surface area contributed by atoms with Gasteiger partial charge in [0.05, 0.1) is 12.3 Å². The Hall–Kier alpha value is -3.23. The lowest BCUT2D eigenvalue weighted by Gasteiger charge is -2.18. The standard InChI is InChI=1S/C22H21FN2O4S/c1-30(27,28)25-21(16-7-9-17(23)10-8-16)15-22(26)24-18-11-13-20(14-12-18)29-19-5-3-2-4-6-19/h2-14,21,25H,15H2,1H3,(H,24,26). The zero-order chi connectivity index (χ0) is 21.6. The molecule has 0 heterocycles. The molecule has 1 atom stereocenters. The molecular weight excluding hydrogens is 407 g/mol. The van der Waals surface area contributed by atoms with Gasteiger partial charge in [-0.1, -0.05) is 30.3 Å². The fourth-order valence-corrected chi connectivity index (χ4v) is 3.55. The molecule has 3 rings (SSSR count). The van der Waals surface area contributed by atoms with Gasteiger partial charge in [0.25, 0.3) is 0 Å². The van der Waals surface area contributed by atoms with Crippen molar-refractivity contribution in [3.63, 3.8) is 0 Å². The van der Waals surface area contributed by atoms with Gasteiger partial charge in [-0.2, -0.15) is 0 Å². The second-order valence-electron chi connectivity index (χ2n) is 6.69. The van der Waals surface area contributed by atoms with Crippen LogP contribution in [0.25, 0.3) is 0 Å². The molecule has 2 N–H and O–H groups in total. The molecule has 3 aromatic rings. The molecule has 8 heteroatoms. The molecule has 0 bridgehead atoms. The number of hydrogen-bond donors (Lipinski definition) is 2. The van der Waals surface area contributed by atoms with Crippen LogP contribution in [0.5, 0.6) is 11.5 Å². The lowest BCUT2D eigenvalue weighted by molar-refractivity contribution is -0.116. The number of nitrogens with one attached hydrogen (secondary N) is 2. The fourth-order valence-electron chi connectivity index (χ4n) is 2.81. The number of halogens is 1. The lowest BCUT2D eigenvalue weighted by Crippen LogP contribution is -2.30. The minimum absolute atomic E-state index is 0.152. The smallest absolute Gasteiger partial charge is 0.226 e. The monoisotopic (exact) mass is 428 g/mol. The SMILES string of the molecule is CS(=O)(=O)NC(CC(=O)Nc1ccc(Oc2ccccc2)cc1)c1ccc(F)cc1. The Labute approximate surface area is 174 Å². The highest BCUT2D eigenvalue weighted by Crippen LogP contribution is 2.24. The first-order valence-corrected chi connectivity index (χ1v) is 11.0. The van der Waals surface area contributed by atoms with Crippen LogP contribution in [-0.2, 0) is 14.8 Å². The van der Waals surface area contributed by atoms with E-state index in [0.717, 1.165) is 6.26 Å². The van der Waals surface area contributed by atoms with Gasteiger partial charge in [0, 0.05) is 12.1 Å². The van der Waals surface area contributed by atoms with Crippen molar-refractivity contribution in [1.29, 1.82) is 0 Å². The summed E-state index contributed by atoms with van der Waals surface area (Å²) in [5.74, 6) is 0.474. The maximum absolute atomic E-state index is 13.2. The Morgan fingerprint density at radius 3 is 2.13 bits per heavy atom. The van der Waals surface area contributed by atoms with E-state index in [-0.39, 0.29) is 6.42 Å². The van der Waals surface area contributed by atoms with Gasteiger partial charge in [0.2, 0.25) is 15.9 Å². The van der Waals surface area contributed by atoms with Crippen LogP contribution in [-0.4, -0.2) is 20.6 Å². The molecule has 0 spiro atoms. The minimum Gasteiger partial charge on any atom is -0.457 e. The topological polar surface area (TPSA) is 84.5 Å². The van der Waals surface area contributed by atoms with Crippen molar-refractivity contribution in [2.24, 2.45) is 0 Å². The van der Waals surface area contributed by atoms with E-state index in [4.69, 9.17) is 4.74 Å². The van der Waals surface area contributed by atoms with Crippen molar-refractivity contribution in [3.8, 4) is 11.5 Å². The van der Waals surface area contributed by atoms with Crippen molar-refractivity contribution < 1.29 is 22.3 Å². The maximum atomic E-state index is 13.2. The van der Waals surface area contributed by atoms with Crippen molar-refractivity contribution in [2.75, 3.05) is 11.6 Å². The highest BCUT2D eigenvalue weighted by molar-refractivity contribution is 7.88. The summed E-state index contributed by atoms with van der Waals surface area (Å²) in [5, 5.41) is 2.73. The molecule has 3 aromatic carbocycles. The summed E-state index contributed by atoms with van der Waals surface area (Å²) in [4.78, 5) is 12.5. The summed E-state index contributed by atoms with van der Waals surface area (Å²) < 4.78 is 44.7. The third kappa shape index (κ3) is 6.68. The molecule has 0 aliphatic carbocycles. The van der Waals surface area contributed by atoms with E-state index >= 15 is 0 Å². The predicted molar refractivity (Wildman–Crippen MR) is 113 cm³/mol. The molecule has 0 saturated carbocycles. The van der Waals surface area contributed by atoms with Crippen molar-refractivity contribution in [3.05, 3.63) is 90.2 Å². The van der Waals surface area contributed by atoms with Crippen molar-refractivity contribution in [2.45, 2.75) is 12.5 Å². The van der Waals surface area contributed by atoms with Crippen LogP contribution in [0.4, 0.5) is 10.1 Å². The Bertz CT molecular complexity index is 1090. The average molecular weight is 428 g/mol. The minimum atomic E-state index is -3.58. The van der Waals surface area contributed by atoms with Gasteiger partial charge in [0.1, 0.15) is 17.3 Å². The molecule has 0 radical (unpaired) electrons. The number of benzene rings is 3. The molecular formula is C22H21FN2O4S. The van der Waals surface area contributed by atoms with E-state index in [0.29, 0.717) is 22.7 Å². The second-order valence-corrected chi connectivity index (χ2v) is 8.47. The molecule has 156 valence electrons. The van der Waals surface area contributed by atoms with Crippen LogP contribution in [0.3, 0.4) is 0 Å². The summed E-state index contributed by atoms with van der Waals surface area (Å²) in [6.45, 7) is 0. The number of carbonyl (C=O) groups excluding carboxylic acids is 1. The molecule has 0 aliphatic heterocycles. The third-order valence-corrected chi connectivity index (χ3v) is 4.85. The lowest BCUT2D eigenvalue weighted by atomic mass is 10.0. The van der Waals surface area contributed by atoms with Crippen LogP contribution < -0.4 is 14.8 Å². The summed E-state index contributed by atoms with van der Waals surface area (Å²) in [7, 11) is -3.58. The summed E-state index contributed by atoms with van der Waals surface area (Å²) in [6.07, 6.45) is 0.855. The third-order valence-electron chi connectivity index (χ3n) is 4.14. The molecule has 0 fully saturated rings. The largest absolute Gasteiger partial charge is 0.457 e. The number of sulfonamides is 1. The van der Waals surface area contributed by atoms with Crippen LogP contribution in [0, 0.1) is 5.82 Å². The molecule has 6 nitrogen and oxygen atoms in total. The average Bonchev–Trinajstić information content (AvgIpc) is 2.69. The van der Waals surface area contributed by atoms with E-state index in [1.54, 1.807) is 24.3 Å². The number of anilines is 1. The Balaban J connectivity index is 1.65. The highest BCUT2D eigenvalue weighted by Gasteiger charge is 2.20. The van der Waals surface area contributed by atoms with Crippen LogP contribution >= 0.6 is 0 Å². The normalized spacial score (nSPS) is 12.2. The molecule has 0 saturated heterocycles. The van der Waals surface area contributed by atoms with Gasteiger partial charge >= 0.3 is 0 Å². The molecule has 1 amide bonds. The Kier molecular flexibility index (Phi) is 6.81.